The number of hydrogen-bond donors (Lipinski definition) is 1. The lowest BCUT2D eigenvalue weighted by molar-refractivity contribution is -0.144. The standard InChI is InChI=1S/C15H21N3O2/c1-3-14-17-12-7-5-6-8-13(12)18(14)10-9-11(16)15(19)20-4-2/h5-8,11H,3-4,9-10,16H2,1-2H3. The first-order valence-corrected chi connectivity index (χ1v) is 7.03. The van der Waals surface area contributed by atoms with Crippen molar-refractivity contribution in [3.05, 3.63) is 30.1 Å². The first-order chi connectivity index (χ1) is 9.67. The number of ether oxygens (including phenoxy) is 1. The highest BCUT2D eigenvalue weighted by Gasteiger charge is 2.16. The average molecular weight is 275 g/mol. The van der Waals surface area contributed by atoms with Crippen molar-refractivity contribution >= 4 is 17.0 Å². The van der Waals surface area contributed by atoms with Gasteiger partial charge in [-0.2, -0.15) is 0 Å². The number of nitrogens with zero attached hydrogens (tertiary/aromatic N) is 2. The molecule has 0 amide bonds. The SMILES string of the molecule is CCOC(=O)C(N)CCn1c(CC)nc2ccccc21. The summed E-state index contributed by atoms with van der Waals surface area (Å²) in [5.41, 5.74) is 7.91. The van der Waals surface area contributed by atoms with E-state index < -0.39 is 6.04 Å². The summed E-state index contributed by atoms with van der Waals surface area (Å²) in [7, 11) is 0. The number of fused-ring (bicyclic) bond motifs is 1. The molecule has 0 aliphatic carbocycles. The van der Waals surface area contributed by atoms with E-state index in [1.165, 1.54) is 0 Å². The Kier molecular flexibility index (Phi) is 4.74. The molecule has 0 aliphatic rings. The number of carbonyl (C=O) groups excluding carboxylic acids is 1. The van der Waals surface area contributed by atoms with E-state index in [-0.39, 0.29) is 5.97 Å². The number of aromatic nitrogens is 2. The van der Waals surface area contributed by atoms with Gasteiger partial charge in [0.2, 0.25) is 0 Å². The summed E-state index contributed by atoms with van der Waals surface area (Å²) in [6.07, 6.45) is 1.40. The van der Waals surface area contributed by atoms with Crippen LogP contribution in [0, 0.1) is 0 Å². The second-order valence-corrected chi connectivity index (χ2v) is 4.67. The average Bonchev–Trinajstić information content (AvgIpc) is 2.82. The van der Waals surface area contributed by atoms with Crippen molar-refractivity contribution in [2.24, 2.45) is 5.73 Å². The number of aryl methyl sites for hydroxylation is 2. The van der Waals surface area contributed by atoms with Crippen LogP contribution in [0.3, 0.4) is 0 Å². The fourth-order valence-corrected chi connectivity index (χ4v) is 2.28. The summed E-state index contributed by atoms with van der Waals surface area (Å²) in [6, 6.07) is 7.42. The van der Waals surface area contributed by atoms with Crippen LogP contribution in [0.25, 0.3) is 11.0 Å². The molecule has 2 aromatic rings. The van der Waals surface area contributed by atoms with Crippen molar-refractivity contribution in [2.45, 2.75) is 39.3 Å². The van der Waals surface area contributed by atoms with Crippen LogP contribution < -0.4 is 5.73 Å². The minimum Gasteiger partial charge on any atom is -0.465 e. The van der Waals surface area contributed by atoms with Crippen LogP contribution in [-0.4, -0.2) is 28.2 Å². The number of para-hydroxylation sites is 2. The van der Waals surface area contributed by atoms with E-state index >= 15 is 0 Å². The maximum atomic E-state index is 11.5. The van der Waals surface area contributed by atoms with E-state index in [9.17, 15) is 4.79 Å². The lowest BCUT2D eigenvalue weighted by Crippen LogP contribution is -2.33. The highest BCUT2D eigenvalue weighted by atomic mass is 16.5. The Morgan fingerprint density at radius 2 is 2.15 bits per heavy atom. The number of nitrogens with two attached hydrogens (primary N) is 1. The van der Waals surface area contributed by atoms with Gasteiger partial charge >= 0.3 is 5.97 Å². The Hall–Kier alpha value is -1.88. The Morgan fingerprint density at radius 1 is 1.40 bits per heavy atom. The molecular formula is C15H21N3O2. The van der Waals surface area contributed by atoms with Gasteiger partial charge in [-0.1, -0.05) is 19.1 Å². The Balaban J connectivity index is 2.14. The van der Waals surface area contributed by atoms with Crippen LogP contribution in [0.5, 0.6) is 0 Å². The quantitative estimate of drug-likeness (QED) is 0.817. The van der Waals surface area contributed by atoms with Gasteiger partial charge in [0.05, 0.1) is 17.6 Å². The summed E-state index contributed by atoms with van der Waals surface area (Å²) in [4.78, 5) is 16.1. The number of imidazole rings is 1. The van der Waals surface area contributed by atoms with Crippen LogP contribution in [0.1, 0.15) is 26.1 Å². The molecular weight excluding hydrogens is 254 g/mol. The Bertz CT molecular complexity index is 592. The molecule has 1 unspecified atom stereocenters. The molecule has 0 radical (unpaired) electrons. The maximum Gasteiger partial charge on any atom is 0.322 e. The summed E-state index contributed by atoms with van der Waals surface area (Å²) in [6.45, 7) is 4.89. The third-order valence-corrected chi connectivity index (χ3v) is 3.30. The van der Waals surface area contributed by atoms with Crippen molar-refractivity contribution in [2.75, 3.05) is 6.61 Å². The van der Waals surface area contributed by atoms with Gasteiger partial charge in [0.25, 0.3) is 0 Å². The topological polar surface area (TPSA) is 70.1 Å². The molecule has 0 bridgehead atoms. The van der Waals surface area contributed by atoms with Crippen LogP contribution in [0.4, 0.5) is 0 Å². The number of carbonyl (C=O) groups is 1. The molecule has 0 aliphatic heterocycles. The zero-order valence-electron chi connectivity index (χ0n) is 12.0. The largest absolute Gasteiger partial charge is 0.465 e. The second-order valence-electron chi connectivity index (χ2n) is 4.67. The fraction of sp³-hybridized carbons (Fsp3) is 0.467. The first-order valence-electron chi connectivity index (χ1n) is 7.03. The lowest BCUT2D eigenvalue weighted by atomic mass is 10.2. The highest BCUT2D eigenvalue weighted by Crippen LogP contribution is 2.17. The van der Waals surface area contributed by atoms with Crippen LogP contribution >= 0.6 is 0 Å². The molecule has 2 rings (SSSR count). The van der Waals surface area contributed by atoms with Crippen LogP contribution in [0.2, 0.25) is 0 Å². The number of hydrogen-bond acceptors (Lipinski definition) is 4. The molecule has 108 valence electrons. The van der Waals surface area contributed by atoms with Gasteiger partial charge in [0, 0.05) is 13.0 Å². The minimum absolute atomic E-state index is 0.338. The third-order valence-electron chi connectivity index (χ3n) is 3.30. The van der Waals surface area contributed by atoms with Crippen molar-refractivity contribution in [1.82, 2.24) is 9.55 Å². The molecule has 1 atom stereocenters. The second kappa shape index (κ2) is 6.52. The van der Waals surface area contributed by atoms with Gasteiger partial charge < -0.3 is 15.0 Å². The van der Waals surface area contributed by atoms with Crippen LogP contribution in [-0.2, 0) is 22.5 Å². The fourth-order valence-electron chi connectivity index (χ4n) is 2.28. The van der Waals surface area contributed by atoms with E-state index in [1.807, 2.05) is 24.3 Å². The summed E-state index contributed by atoms with van der Waals surface area (Å²) in [5.74, 6) is 0.678. The molecule has 2 N–H and O–H groups in total. The number of rotatable bonds is 6. The van der Waals surface area contributed by atoms with Gasteiger partial charge in [0.1, 0.15) is 11.9 Å². The molecule has 1 aromatic heterocycles. The number of esters is 1. The zero-order chi connectivity index (χ0) is 14.5. The van der Waals surface area contributed by atoms with Crippen molar-refractivity contribution < 1.29 is 9.53 Å². The van der Waals surface area contributed by atoms with Gasteiger partial charge in [-0.05, 0) is 25.5 Å². The monoisotopic (exact) mass is 275 g/mol. The van der Waals surface area contributed by atoms with Gasteiger partial charge in [0.15, 0.2) is 0 Å². The smallest absolute Gasteiger partial charge is 0.322 e. The van der Waals surface area contributed by atoms with E-state index in [2.05, 4.69) is 16.5 Å². The number of benzene rings is 1. The van der Waals surface area contributed by atoms with Gasteiger partial charge in [-0.15, -0.1) is 0 Å². The third kappa shape index (κ3) is 2.99. The predicted octanol–water partition coefficient (Wildman–Crippen LogP) is 1.88. The minimum atomic E-state index is -0.583. The molecule has 0 saturated heterocycles. The molecule has 0 fully saturated rings. The molecule has 0 spiro atoms. The molecule has 5 nitrogen and oxygen atoms in total. The highest BCUT2D eigenvalue weighted by molar-refractivity contribution is 5.76. The molecule has 1 heterocycles. The van der Waals surface area contributed by atoms with Crippen molar-refractivity contribution in [3.63, 3.8) is 0 Å². The molecule has 0 saturated carbocycles. The van der Waals surface area contributed by atoms with Crippen LogP contribution in [0.15, 0.2) is 24.3 Å². The summed E-state index contributed by atoms with van der Waals surface area (Å²) in [5, 5.41) is 0. The predicted molar refractivity (Wildman–Crippen MR) is 78.3 cm³/mol. The van der Waals surface area contributed by atoms with E-state index in [4.69, 9.17) is 10.5 Å². The molecule has 20 heavy (non-hydrogen) atoms. The van der Waals surface area contributed by atoms with E-state index in [1.54, 1.807) is 6.92 Å². The van der Waals surface area contributed by atoms with E-state index in [0.717, 1.165) is 23.3 Å². The van der Waals surface area contributed by atoms with Gasteiger partial charge in [-0.25, -0.2) is 4.98 Å². The molecule has 1 aromatic carbocycles. The maximum absolute atomic E-state index is 11.5. The Labute approximate surface area is 118 Å². The van der Waals surface area contributed by atoms with Crippen molar-refractivity contribution in [1.29, 1.82) is 0 Å². The van der Waals surface area contributed by atoms with E-state index in [0.29, 0.717) is 19.6 Å². The van der Waals surface area contributed by atoms with Crippen molar-refractivity contribution in [3.8, 4) is 0 Å². The summed E-state index contributed by atoms with van der Waals surface area (Å²) < 4.78 is 7.06. The Morgan fingerprint density at radius 3 is 2.85 bits per heavy atom. The first kappa shape index (κ1) is 14.5. The normalized spacial score (nSPS) is 12.6. The molecule has 5 heteroatoms. The zero-order valence-corrected chi connectivity index (χ0v) is 12.0. The van der Waals surface area contributed by atoms with Gasteiger partial charge in [-0.3, -0.25) is 4.79 Å². The summed E-state index contributed by atoms with van der Waals surface area (Å²) >= 11 is 0. The lowest BCUT2D eigenvalue weighted by Gasteiger charge is -2.12.